The summed E-state index contributed by atoms with van der Waals surface area (Å²) in [5, 5.41) is 0. The molecule has 2 fully saturated rings. The van der Waals surface area contributed by atoms with Crippen LogP contribution in [0.2, 0.25) is 0 Å². The van der Waals surface area contributed by atoms with Gasteiger partial charge in [0.15, 0.2) is 0 Å². The number of fused-ring (bicyclic) bond motifs is 1. The average Bonchev–Trinajstić information content (AvgIpc) is 2.88. The second-order valence-electron chi connectivity index (χ2n) is 5.20. The molecule has 1 aliphatic heterocycles. The van der Waals surface area contributed by atoms with Crippen LogP contribution in [-0.2, 0) is 17.8 Å². The van der Waals surface area contributed by atoms with E-state index in [-0.39, 0.29) is 0 Å². The Morgan fingerprint density at radius 2 is 2.22 bits per heavy atom. The van der Waals surface area contributed by atoms with Gasteiger partial charge in [0, 0.05) is 25.7 Å². The van der Waals surface area contributed by atoms with E-state index >= 15 is 0 Å². The third-order valence-corrected chi connectivity index (χ3v) is 4.04. The average molecular weight is 247 g/mol. The molecule has 1 aliphatic carbocycles. The Morgan fingerprint density at radius 3 is 3.11 bits per heavy atom. The summed E-state index contributed by atoms with van der Waals surface area (Å²) in [5.74, 6) is 0. The van der Waals surface area contributed by atoms with E-state index in [2.05, 4.69) is 22.0 Å². The fourth-order valence-electron chi connectivity index (χ4n) is 3.14. The van der Waals surface area contributed by atoms with Crippen LogP contribution in [0.25, 0.3) is 0 Å². The van der Waals surface area contributed by atoms with Crippen LogP contribution in [0.15, 0.2) is 18.2 Å². The number of rotatable bonds is 3. The molecule has 4 nitrogen and oxygen atoms in total. The van der Waals surface area contributed by atoms with Crippen molar-refractivity contribution in [2.45, 2.75) is 44.5 Å². The molecule has 0 bridgehead atoms. The smallest absolute Gasteiger partial charge is 0.0731 e. The molecule has 1 aromatic heterocycles. The van der Waals surface area contributed by atoms with Gasteiger partial charge in [-0.1, -0.05) is 6.07 Å². The number of pyridine rings is 1. The molecule has 2 unspecified atom stereocenters. The lowest BCUT2D eigenvalue weighted by atomic mass is 10.1. The molecular formula is C14H21N3O. The molecule has 2 N–H and O–H groups in total. The molecule has 98 valence electrons. The summed E-state index contributed by atoms with van der Waals surface area (Å²) in [6.07, 6.45) is 4.23. The Hall–Kier alpha value is -0.970. The van der Waals surface area contributed by atoms with Crippen LogP contribution in [0, 0.1) is 0 Å². The van der Waals surface area contributed by atoms with Crippen molar-refractivity contribution in [2.24, 2.45) is 5.73 Å². The van der Waals surface area contributed by atoms with Crippen LogP contribution in [0.5, 0.6) is 0 Å². The maximum Gasteiger partial charge on any atom is 0.0731 e. The first-order valence-electron chi connectivity index (χ1n) is 6.87. The third kappa shape index (κ3) is 2.41. The maximum absolute atomic E-state index is 5.83. The van der Waals surface area contributed by atoms with Crippen LogP contribution in [0.3, 0.4) is 0 Å². The van der Waals surface area contributed by atoms with Crippen LogP contribution in [0.1, 0.15) is 30.7 Å². The van der Waals surface area contributed by atoms with Crippen molar-refractivity contribution in [3.8, 4) is 0 Å². The minimum atomic E-state index is 0.455. The van der Waals surface area contributed by atoms with E-state index in [0.29, 0.717) is 18.7 Å². The zero-order valence-electron chi connectivity index (χ0n) is 10.7. The zero-order valence-corrected chi connectivity index (χ0v) is 10.7. The molecule has 0 radical (unpaired) electrons. The molecule has 0 amide bonds. The van der Waals surface area contributed by atoms with E-state index in [4.69, 9.17) is 10.5 Å². The van der Waals surface area contributed by atoms with Gasteiger partial charge in [-0.15, -0.1) is 0 Å². The van der Waals surface area contributed by atoms with Gasteiger partial charge in [-0.2, -0.15) is 0 Å². The summed E-state index contributed by atoms with van der Waals surface area (Å²) in [5.41, 5.74) is 7.75. The van der Waals surface area contributed by atoms with E-state index in [1.165, 1.54) is 19.3 Å². The van der Waals surface area contributed by atoms with Gasteiger partial charge in [0.05, 0.1) is 24.1 Å². The molecule has 3 rings (SSSR count). The highest BCUT2D eigenvalue weighted by Gasteiger charge is 2.35. The van der Waals surface area contributed by atoms with Crippen molar-refractivity contribution in [1.82, 2.24) is 9.88 Å². The Kier molecular flexibility index (Phi) is 3.59. The number of hydrogen-bond donors (Lipinski definition) is 1. The number of aromatic nitrogens is 1. The van der Waals surface area contributed by atoms with E-state index in [9.17, 15) is 0 Å². The Morgan fingerprint density at radius 1 is 1.33 bits per heavy atom. The van der Waals surface area contributed by atoms with E-state index in [0.717, 1.165) is 31.1 Å². The lowest BCUT2D eigenvalue weighted by Crippen LogP contribution is -2.47. The van der Waals surface area contributed by atoms with Gasteiger partial charge in [0.25, 0.3) is 0 Å². The van der Waals surface area contributed by atoms with Crippen LogP contribution < -0.4 is 5.73 Å². The lowest BCUT2D eigenvalue weighted by Gasteiger charge is -2.37. The van der Waals surface area contributed by atoms with Crippen LogP contribution in [-0.4, -0.2) is 35.2 Å². The molecular weight excluding hydrogens is 226 g/mol. The Bertz CT molecular complexity index is 410. The highest BCUT2D eigenvalue weighted by molar-refractivity contribution is 5.11. The van der Waals surface area contributed by atoms with Gasteiger partial charge in [-0.25, -0.2) is 0 Å². The fourth-order valence-corrected chi connectivity index (χ4v) is 3.14. The van der Waals surface area contributed by atoms with Crippen molar-refractivity contribution in [2.75, 3.05) is 13.2 Å². The second kappa shape index (κ2) is 5.34. The fraction of sp³-hybridized carbons (Fsp3) is 0.643. The molecule has 2 atom stereocenters. The minimum Gasteiger partial charge on any atom is -0.375 e. The number of hydrogen-bond acceptors (Lipinski definition) is 4. The zero-order chi connectivity index (χ0) is 12.4. The minimum absolute atomic E-state index is 0.455. The molecule has 1 saturated heterocycles. The van der Waals surface area contributed by atoms with Crippen molar-refractivity contribution >= 4 is 0 Å². The summed E-state index contributed by atoms with van der Waals surface area (Å²) in [7, 11) is 0. The monoisotopic (exact) mass is 247 g/mol. The Balaban J connectivity index is 1.70. The summed E-state index contributed by atoms with van der Waals surface area (Å²) in [6.45, 7) is 3.33. The largest absolute Gasteiger partial charge is 0.375 e. The van der Waals surface area contributed by atoms with E-state index in [1.807, 2.05) is 6.07 Å². The molecule has 0 aromatic carbocycles. The summed E-state index contributed by atoms with van der Waals surface area (Å²) < 4.78 is 5.83. The van der Waals surface area contributed by atoms with Gasteiger partial charge >= 0.3 is 0 Å². The van der Waals surface area contributed by atoms with Gasteiger partial charge in [-0.05, 0) is 31.4 Å². The molecule has 0 spiro atoms. The van der Waals surface area contributed by atoms with Gasteiger partial charge in [0.1, 0.15) is 0 Å². The predicted molar refractivity (Wildman–Crippen MR) is 69.9 cm³/mol. The van der Waals surface area contributed by atoms with Crippen molar-refractivity contribution in [3.05, 3.63) is 29.6 Å². The van der Waals surface area contributed by atoms with E-state index < -0.39 is 0 Å². The second-order valence-corrected chi connectivity index (χ2v) is 5.20. The van der Waals surface area contributed by atoms with Crippen molar-refractivity contribution in [3.63, 3.8) is 0 Å². The first-order chi connectivity index (χ1) is 8.86. The molecule has 1 saturated carbocycles. The van der Waals surface area contributed by atoms with Gasteiger partial charge in [-0.3, -0.25) is 9.88 Å². The maximum atomic E-state index is 5.83. The van der Waals surface area contributed by atoms with Crippen LogP contribution >= 0.6 is 0 Å². The normalized spacial score (nSPS) is 28.3. The van der Waals surface area contributed by atoms with Gasteiger partial charge in [0.2, 0.25) is 0 Å². The molecule has 1 aromatic rings. The Labute approximate surface area is 108 Å². The number of nitrogens with zero attached hydrogens (tertiary/aromatic N) is 2. The summed E-state index contributed by atoms with van der Waals surface area (Å²) in [6, 6.07) is 6.73. The molecule has 18 heavy (non-hydrogen) atoms. The first-order valence-corrected chi connectivity index (χ1v) is 6.87. The first kappa shape index (κ1) is 12.1. The third-order valence-electron chi connectivity index (χ3n) is 4.04. The van der Waals surface area contributed by atoms with Crippen molar-refractivity contribution in [1.29, 1.82) is 0 Å². The molecule has 2 aliphatic rings. The quantitative estimate of drug-likeness (QED) is 0.874. The highest BCUT2D eigenvalue weighted by atomic mass is 16.5. The van der Waals surface area contributed by atoms with Crippen molar-refractivity contribution < 1.29 is 4.74 Å². The van der Waals surface area contributed by atoms with E-state index in [1.54, 1.807) is 0 Å². The van der Waals surface area contributed by atoms with Gasteiger partial charge < -0.3 is 10.5 Å². The lowest BCUT2D eigenvalue weighted by molar-refractivity contribution is -0.0592. The number of nitrogens with two attached hydrogens (primary N) is 1. The predicted octanol–water partition coefficient (Wildman–Crippen LogP) is 1.29. The SMILES string of the molecule is NCc1cccc(CN2CCOC3CCCC32)n1. The number of morpholine rings is 1. The highest BCUT2D eigenvalue weighted by Crippen LogP contribution is 2.30. The standard InChI is InChI=1S/C14H21N3O/c15-9-11-3-1-4-12(16-11)10-17-7-8-18-14-6-2-5-13(14)17/h1,3-4,13-14H,2,5-10,15H2. The summed E-state index contributed by atoms with van der Waals surface area (Å²) >= 11 is 0. The number of ether oxygens (including phenoxy) is 1. The molecule has 2 heterocycles. The summed E-state index contributed by atoms with van der Waals surface area (Å²) in [4.78, 5) is 7.12. The molecule has 4 heteroatoms. The topological polar surface area (TPSA) is 51.4 Å². The van der Waals surface area contributed by atoms with Crippen LogP contribution in [0.4, 0.5) is 0 Å².